The number of carbonyl (C=O) groups is 1. The van der Waals surface area contributed by atoms with Gasteiger partial charge in [-0.2, -0.15) is 4.68 Å². The lowest BCUT2D eigenvalue weighted by atomic mass is 9.90. The van der Waals surface area contributed by atoms with Gasteiger partial charge >= 0.3 is 0 Å². The number of tetrazole rings is 1. The fraction of sp³-hybridized carbons (Fsp3) is 0.333. The Morgan fingerprint density at radius 3 is 2.57 bits per heavy atom. The van der Waals surface area contributed by atoms with Crippen LogP contribution in [0.5, 0.6) is 17.2 Å². The molecule has 1 aromatic heterocycles. The Morgan fingerprint density at radius 1 is 1.00 bits per heavy atom. The maximum absolute atomic E-state index is 13.3. The summed E-state index contributed by atoms with van der Waals surface area (Å²) in [6, 6.07) is 17.0. The Morgan fingerprint density at radius 2 is 1.81 bits per heavy atom. The van der Waals surface area contributed by atoms with Crippen molar-refractivity contribution in [3.63, 3.8) is 0 Å². The van der Waals surface area contributed by atoms with E-state index < -0.39 is 0 Å². The third-order valence-corrected chi connectivity index (χ3v) is 8.47. The quantitative estimate of drug-likeness (QED) is 0.347. The van der Waals surface area contributed by atoms with Gasteiger partial charge in [0, 0.05) is 54.6 Å². The minimum Gasteiger partial charge on any atom is -0.492 e. The van der Waals surface area contributed by atoms with Gasteiger partial charge in [0.2, 0.25) is 12.5 Å². The van der Waals surface area contributed by atoms with Crippen LogP contribution in [0.15, 0.2) is 54.6 Å². The number of ether oxygens (including phenoxy) is 3. The second kappa shape index (κ2) is 10.8. The van der Waals surface area contributed by atoms with Gasteiger partial charge in [-0.3, -0.25) is 9.69 Å². The molecule has 3 aromatic carbocycles. The molecule has 3 aliphatic heterocycles. The van der Waals surface area contributed by atoms with Crippen LogP contribution in [0.4, 0.5) is 5.69 Å². The highest BCUT2D eigenvalue weighted by Crippen LogP contribution is 2.50. The number of nitrogens with zero attached hydrogens (tertiary/aromatic N) is 7. The molecule has 0 aliphatic carbocycles. The lowest BCUT2D eigenvalue weighted by molar-refractivity contribution is 0.0747. The summed E-state index contributed by atoms with van der Waals surface area (Å²) >= 11 is 6.17. The van der Waals surface area contributed by atoms with Crippen LogP contribution in [0.3, 0.4) is 0 Å². The maximum Gasteiger partial charge on any atom is 0.253 e. The number of carbonyl (C=O) groups excluding carboxylic acids is 1. The van der Waals surface area contributed by atoms with Crippen molar-refractivity contribution in [2.45, 2.75) is 12.5 Å². The molecule has 4 heterocycles. The largest absolute Gasteiger partial charge is 0.492 e. The number of hydrogen-bond acceptors (Lipinski definition) is 9. The molecule has 0 radical (unpaired) electrons. The number of likely N-dealkylation sites (N-methyl/N-ethyl adjacent to an activating group) is 1. The van der Waals surface area contributed by atoms with Crippen LogP contribution >= 0.6 is 11.6 Å². The number of hydrogen-bond donors (Lipinski definition) is 0. The van der Waals surface area contributed by atoms with Crippen LogP contribution in [0.2, 0.25) is 5.02 Å². The van der Waals surface area contributed by atoms with Crippen molar-refractivity contribution in [3.05, 3.63) is 82.1 Å². The van der Waals surface area contributed by atoms with Crippen LogP contribution in [0.1, 0.15) is 33.4 Å². The smallest absolute Gasteiger partial charge is 0.253 e. The first-order valence-corrected chi connectivity index (χ1v) is 14.3. The molecular weight excluding hydrogens is 558 g/mol. The zero-order valence-corrected chi connectivity index (χ0v) is 24.1. The molecule has 216 valence electrons. The summed E-state index contributed by atoms with van der Waals surface area (Å²) < 4.78 is 19.0. The van der Waals surface area contributed by atoms with Crippen LogP contribution in [0, 0.1) is 0 Å². The van der Waals surface area contributed by atoms with Gasteiger partial charge in [0.1, 0.15) is 6.04 Å². The summed E-state index contributed by atoms with van der Waals surface area (Å²) in [6.45, 7) is 3.74. The molecular formula is C30H30ClN7O4. The van der Waals surface area contributed by atoms with Crippen molar-refractivity contribution < 1.29 is 19.0 Å². The zero-order valence-electron chi connectivity index (χ0n) is 23.4. The molecule has 0 spiro atoms. The molecule has 0 saturated carbocycles. The van der Waals surface area contributed by atoms with Gasteiger partial charge in [0.15, 0.2) is 17.3 Å². The van der Waals surface area contributed by atoms with E-state index in [1.807, 2.05) is 66.5 Å². The first-order chi connectivity index (χ1) is 20.5. The van der Waals surface area contributed by atoms with E-state index in [0.29, 0.717) is 46.7 Å². The van der Waals surface area contributed by atoms with Crippen LogP contribution < -0.4 is 19.1 Å². The van der Waals surface area contributed by atoms with E-state index in [1.165, 1.54) is 0 Å². The standard InChI is InChI=1S/C30H30ClN7O4/c1-35-11-10-20-16-24-27(42-18-41-24)28(40-2)25(20)26(35)29-32-33-34-38(29)22-8-6-19(7-9-22)30(39)37-14-12-36(13-15-37)23-5-3-4-21(31)17-23/h3-9,16-17,26H,10-15,18H2,1-2H3. The highest BCUT2D eigenvalue weighted by atomic mass is 35.5. The molecule has 1 saturated heterocycles. The Labute approximate surface area is 248 Å². The SMILES string of the molecule is COc1c2c(cc3c1C(c1nnnn1-c1ccc(C(=O)N4CCN(c5cccc(Cl)c5)CC4)cc1)N(C)CC3)OCO2. The highest BCUT2D eigenvalue weighted by Gasteiger charge is 2.38. The van der Waals surface area contributed by atoms with Crippen LogP contribution in [-0.2, 0) is 6.42 Å². The number of anilines is 1. The van der Waals surface area contributed by atoms with Crippen molar-refractivity contribution in [1.29, 1.82) is 0 Å². The third-order valence-electron chi connectivity index (χ3n) is 8.23. The third kappa shape index (κ3) is 4.58. The van der Waals surface area contributed by atoms with Crippen LogP contribution in [0.25, 0.3) is 5.69 Å². The van der Waals surface area contributed by atoms with Crippen molar-refractivity contribution in [2.75, 3.05) is 58.6 Å². The summed E-state index contributed by atoms with van der Waals surface area (Å²) in [4.78, 5) is 19.7. The number of piperazine rings is 1. The number of halogens is 1. The van der Waals surface area contributed by atoms with Gasteiger partial charge in [-0.15, -0.1) is 5.10 Å². The predicted octanol–water partition coefficient (Wildman–Crippen LogP) is 3.59. The molecule has 0 bridgehead atoms. The zero-order chi connectivity index (χ0) is 28.8. The lowest BCUT2D eigenvalue weighted by Gasteiger charge is -2.36. The van der Waals surface area contributed by atoms with E-state index in [2.05, 4.69) is 25.3 Å². The molecule has 1 amide bonds. The molecule has 7 rings (SSSR count). The number of methoxy groups -OCH3 is 1. The number of amides is 1. The molecule has 3 aliphatic rings. The summed E-state index contributed by atoms with van der Waals surface area (Å²) in [5.74, 6) is 2.59. The highest BCUT2D eigenvalue weighted by molar-refractivity contribution is 6.30. The van der Waals surface area contributed by atoms with Crippen molar-refractivity contribution in [3.8, 4) is 22.9 Å². The Balaban J connectivity index is 1.12. The first kappa shape index (κ1) is 26.5. The normalized spacial score (nSPS) is 18.2. The Bertz CT molecular complexity index is 1640. The fourth-order valence-electron chi connectivity index (χ4n) is 6.08. The van der Waals surface area contributed by atoms with Gasteiger partial charge in [-0.25, -0.2) is 0 Å². The van der Waals surface area contributed by atoms with E-state index in [0.717, 1.165) is 48.6 Å². The van der Waals surface area contributed by atoms with E-state index in [1.54, 1.807) is 11.8 Å². The van der Waals surface area contributed by atoms with Crippen molar-refractivity contribution >= 4 is 23.2 Å². The lowest BCUT2D eigenvalue weighted by Crippen LogP contribution is -2.48. The molecule has 4 aromatic rings. The maximum atomic E-state index is 13.3. The van der Waals surface area contributed by atoms with Gasteiger partial charge < -0.3 is 24.0 Å². The Hall–Kier alpha value is -4.35. The number of aromatic nitrogens is 4. The Kier molecular flexibility index (Phi) is 6.83. The molecule has 1 fully saturated rings. The summed E-state index contributed by atoms with van der Waals surface area (Å²) in [6.07, 6.45) is 0.834. The summed E-state index contributed by atoms with van der Waals surface area (Å²) in [7, 11) is 3.68. The minimum absolute atomic E-state index is 0.00554. The fourth-order valence-corrected chi connectivity index (χ4v) is 6.26. The molecule has 11 nitrogen and oxygen atoms in total. The van der Waals surface area contributed by atoms with Crippen molar-refractivity contribution in [1.82, 2.24) is 30.0 Å². The molecule has 1 unspecified atom stereocenters. The number of benzene rings is 3. The minimum atomic E-state index is -0.273. The monoisotopic (exact) mass is 587 g/mol. The predicted molar refractivity (Wildman–Crippen MR) is 156 cm³/mol. The van der Waals surface area contributed by atoms with Gasteiger partial charge in [-0.05, 0) is 78.0 Å². The van der Waals surface area contributed by atoms with Crippen LogP contribution in [-0.4, -0.2) is 89.6 Å². The topological polar surface area (TPSA) is 98.1 Å². The summed E-state index contributed by atoms with van der Waals surface area (Å²) in [5.41, 5.74) is 4.54. The number of rotatable bonds is 5. The van der Waals surface area contributed by atoms with E-state index in [4.69, 9.17) is 25.8 Å². The molecule has 42 heavy (non-hydrogen) atoms. The second-order valence-corrected chi connectivity index (χ2v) is 11.0. The van der Waals surface area contributed by atoms with Crippen molar-refractivity contribution in [2.24, 2.45) is 0 Å². The summed E-state index contributed by atoms with van der Waals surface area (Å²) in [5, 5.41) is 13.5. The molecule has 12 heteroatoms. The molecule has 1 atom stereocenters. The molecule has 0 N–H and O–H groups in total. The van der Waals surface area contributed by atoms with Gasteiger partial charge in [-0.1, -0.05) is 17.7 Å². The van der Waals surface area contributed by atoms with E-state index >= 15 is 0 Å². The van der Waals surface area contributed by atoms with Gasteiger partial charge in [0.25, 0.3) is 5.91 Å². The second-order valence-electron chi connectivity index (χ2n) is 10.6. The average Bonchev–Trinajstić information content (AvgIpc) is 3.70. The van der Waals surface area contributed by atoms with E-state index in [-0.39, 0.29) is 18.7 Å². The number of fused-ring (bicyclic) bond motifs is 2. The van der Waals surface area contributed by atoms with E-state index in [9.17, 15) is 4.79 Å². The first-order valence-electron chi connectivity index (χ1n) is 13.9. The average molecular weight is 588 g/mol. The van der Waals surface area contributed by atoms with Gasteiger partial charge in [0.05, 0.1) is 12.8 Å².